The van der Waals surface area contributed by atoms with Crippen LogP contribution in [0.1, 0.15) is 28.0 Å². The number of nitrogens with two attached hydrogens (primary N) is 1. The van der Waals surface area contributed by atoms with E-state index in [1.165, 1.54) is 13.1 Å². The molecule has 0 saturated carbocycles. The molecule has 13 heavy (non-hydrogen) atoms. The zero-order chi connectivity index (χ0) is 10.0. The first-order valence-electron chi connectivity index (χ1n) is 3.56. The Bertz CT molecular complexity index is 339. The van der Waals surface area contributed by atoms with E-state index in [-0.39, 0.29) is 22.5 Å². The number of nitrogen functional groups attached to an aromatic ring is 1. The smallest absolute Gasteiger partial charge is 0.267 e. The number of rotatable bonds is 2. The number of aromatic nitrogens is 1. The molecule has 1 aromatic rings. The minimum absolute atomic E-state index is 0.000833. The molecule has 0 spiro atoms. The van der Waals surface area contributed by atoms with E-state index in [9.17, 15) is 13.6 Å². The van der Waals surface area contributed by atoms with Crippen LogP contribution in [0.25, 0.3) is 0 Å². The van der Waals surface area contributed by atoms with Gasteiger partial charge in [-0.3, -0.25) is 9.78 Å². The molecule has 0 bridgehead atoms. The molecule has 0 aliphatic heterocycles. The van der Waals surface area contributed by atoms with Crippen LogP contribution < -0.4 is 5.73 Å². The predicted molar refractivity (Wildman–Crippen MR) is 43.7 cm³/mol. The van der Waals surface area contributed by atoms with Gasteiger partial charge in [-0.1, -0.05) is 0 Å². The van der Waals surface area contributed by atoms with Crippen molar-refractivity contribution in [3.63, 3.8) is 0 Å². The highest BCUT2D eigenvalue weighted by atomic mass is 19.3. The third kappa shape index (κ3) is 1.63. The molecule has 0 aliphatic carbocycles. The van der Waals surface area contributed by atoms with Crippen LogP contribution in [0, 0.1) is 6.92 Å². The number of pyridine rings is 1. The van der Waals surface area contributed by atoms with Crippen LogP contribution in [0.4, 0.5) is 14.5 Å². The van der Waals surface area contributed by atoms with Crippen LogP contribution in [0.15, 0.2) is 6.20 Å². The standard InChI is InChI=1S/C8H8F2N2O/c1-4-6(8(9)10)7(11)5(3-13)2-12-4/h2-3,8H,1H3,(H2,11,12). The Kier molecular flexibility index (Phi) is 2.55. The van der Waals surface area contributed by atoms with Gasteiger partial charge in [0.15, 0.2) is 6.29 Å². The van der Waals surface area contributed by atoms with Gasteiger partial charge in [-0.2, -0.15) is 0 Å². The van der Waals surface area contributed by atoms with E-state index in [0.717, 1.165) is 0 Å². The second kappa shape index (κ2) is 3.47. The SMILES string of the molecule is Cc1ncc(C=O)c(N)c1C(F)F. The molecule has 70 valence electrons. The number of aryl methyl sites for hydroxylation is 1. The second-order valence-electron chi connectivity index (χ2n) is 2.54. The number of alkyl halides is 2. The van der Waals surface area contributed by atoms with E-state index in [2.05, 4.69) is 4.98 Å². The molecular formula is C8H8F2N2O. The average Bonchev–Trinajstić information content (AvgIpc) is 2.04. The molecule has 0 radical (unpaired) electrons. The van der Waals surface area contributed by atoms with Crippen molar-refractivity contribution in [1.82, 2.24) is 4.98 Å². The summed E-state index contributed by atoms with van der Waals surface area (Å²) < 4.78 is 24.7. The molecule has 0 aromatic carbocycles. The predicted octanol–water partition coefficient (Wildman–Crippen LogP) is 1.72. The van der Waals surface area contributed by atoms with Crippen molar-refractivity contribution in [2.45, 2.75) is 13.3 Å². The van der Waals surface area contributed by atoms with Crippen molar-refractivity contribution in [1.29, 1.82) is 0 Å². The van der Waals surface area contributed by atoms with E-state index < -0.39 is 6.43 Å². The molecule has 1 rings (SSSR count). The maximum absolute atomic E-state index is 12.4. The number of hydrogen-bond donors (Lipinski definition) is 1. The Morgan fingerprint density at radius 2 is 2.23 bits per heavy atom. The Balaban J connectivity index is 3.38. The maximum Gasteiger partial charge on any atom is 0.267 e. The number of hydrogen-bond acceptors (Lipinski definition) is 3. The lowest BCUT2D eigenvalue weighted by Gasteiger charge is -2.08. The highest BCUT2D eigenvalue weighted by molar-refractivity contribution is 5.84. The number of halogens is 2. The minimum atomic E-state index is -2.70. The van der Waals surface area contributed by atoms with Crippen LogP contribution in [0.5, 0.6) is 0 Å². The molecule has 0 saturated heterocycles. The summed E-state index contributed by atoms with van der Waals surface area (Å²) in [7, 11) is 0. The highest BCUT2D eigenvalue weighted by Gasteiger charge is 2.17. The molecule has 2 N–H and O–H groups in total. The summed E-state index contributed by atoms with van der Waals surface area (Å²) in [5, 5.41) is 0. The van der Waals surface area contributed by atoms with Crippen molar-refractivity contribution < 1.29 is 13.6 Å². The number of carbonyl (C=O) groups excluding carboxylic acids is 1. The molecule has 1 heterocycles. The van der Waals surface area contributed by atoms with E-state index in [0.29, 0.717) is 6.29 Å². The van der Waals surface area contributed by atoms with Crippen LogP contribution in [-0.2, 0) is 0 Å². The minimum Gasteiger partial charge on any atom is -0.398 e. The van der Waals surface area contributed by atoms with Gasteiger partial charge in [0.05, 0.1) is 16.8 Å². The Hall–Kier alpha value is -1.52. The molecule has 3 nitrogen and oxygen atoms in total. The van der Waals surface area contributed by atoms with Gasteiger partial charge in [-0.15, -0.1) is 0 Å². The maximum atomic E-state index is 12.4. The second-order valence-corrected chi connectivity index (χ2v) is 2.54. The number of aldehydes is 1. The summed E-state index contributed by atoms with van der Waals surface area (Å²) in [5.41, 5.74) is 4.96. The zero-order valence-corrected chi connectivity index (χ0v) is 6.92. The lowest BCUT2D eigenvalue weighted by Crippen LogP contribution is -2.04. The van der Waals surface area contributed by atoms with E-state index in [1.807, 2.05) is 0 Å². The quantitative estimate of drug-likeness (QED) is 0.715. The summed E-state index contributed by atoms with van der Waals surface area (Å²) in [6, 6.07) is 0. The van der Waals surface area contributed by atoms with Crippen molar-refractivity contribution in [3.05, 3.63) is 23.0 Å². The first-order chi connectivity index (χ1) is 6.07. The molecule has 5 heteroatoms. The number of carbonyl (C=O) groups is 1. The molecule has 1 aromatic heterocycles. The van der Waals surface area contributed by atoms with Crippen LogP contribution >= 0.6 is 0 Å². The average molecular weight is 186 g/mol. The lowest BCUT2D eigenvalue weighted by atomic mass is 10.1. The summed E-state index contributed by atoms with van der Waals surface area (Å²) in [6.07, 6.45) is -1.11. The molecule has 0 amide bonds. The van der Waals surface area contributed by atoms with Gasteiger partial charge in [-0.25, -0.2) is 8.78 Å². The number of anilines is 1. The molecule has 0 fully saturated rings. The fourth-order valence-corrected chi connectivity index (χ4v) is 1.03. The molecule has 0 aliphatic rings. The number of nitrogens with zero attached hydrogens (tertiary/aromatic N) is 1. The van der Waals surface area contributed by atoms with Gasteiger partial charge >= 0.3 is 0 Å². The topological polar surface area (TPSA) is 56.0 Å². The van der Waals surface area contributed by atoms with Gasteiger partial charge < -0.3 is 5.73 Å². The van der Waals surface area contributed by atoms with Crippen molar-refractivity contribution in [2.24, 2.45) is 0 Å². The summed E-state index contributed by atoms with van der Waals surface area (Å²) >= 11 is 0. The van der Waals surface area contributed by atoms with Gasteiger partial charge in [0.25, 0.3) is 6.43 Å². The van der Waals surface area contributed by atoms with Crippen LogP contribution in [-0.4, -0.2) is 11.3 Å². The Morgan fingerprint density at radius 3 is 2.69 bits per heavy atom. The van der Waals surface area contributed by atoms with E-state index in [1.54, 1.807) is 0 Å². The third-order valence-electron chi connectivity index (χ3n) is 1.73. The van der Waals surface area contributed by atoms with Gasteiger partial charge in [0.2, 0.25) is 0 Å². The molecular weight excluding hydrogens is 178 g/mol. The fourth-order valence-electron chi connectivity index (χ4n) is 1.03. The fraction of sp³-hybridized carbons (Fsp3) is 0.250. The van der Waals surface area contributed by atoms with Gasteiger partial charge in [0.1, 0.15) is 0 Å². The lowest BCUT2D eigenvalue weighted by molar-refractivity contribution is 0.112. The first kappa shape index (κ1) is 9.57. The largest absolute Gasteiger partial charge is 0.398 e. The van der Waals surface area contributed by atoms with Gasteiger partial charge in [0, 0.05) is 11.9 Å². The monoisotopic (exact) mass is 186 g/mol. The van der Waals surface area contributed by atoms with Crippen molar-refractivity contribution in [3.8, 4) is 0 Å². The first-order valence-corrected chi connectivity index (χ1v) is 3.56. The summed E-state index contributed by atoms with van der Waals surface area (Å²) in [5.74, 6) is 0. The van der Waals surface area contributed by atoms with Crippen molar-refractivity contribution >= 4 is 12.0 Å². The third-order valence-corrected chi connectivity index (χ3v) is 1.73. The Morgan fingerprint density at radius 1 is 1.62 bits per heavy atom. The van der Waals surface area contributed by atoms with Crippen LogP contribution in [0.2, 0.25) is 0 Å². The molecule has 0 atom stereocenters. The normalized spacial score (nSPS) is 10.5. The van der Waals surface area contributed by atoms with Crippen molar-refractivity contribution in [2.75, 3.05) is 5.73 Å². The van der Waals surface area contributed by atoms with E-state index >= 15 is 0 Å². The van der Waals surface area contributed by atoms with Gasteiger partial charge in [-0.05, 0) is 6.92 Å². The summed E-state index contributed by atoms with van der Waals surface area (Å²) in [4.78, 5) is 14.0. The Labute approximate surface area is 73.6 Å². The zero-order valence-electron chi connectivity index (χ0n) is 6.92. The molecule has 0 unspecified atom stereocenters. The highest BCUT2D eigenvalue weighted by Crippen LogP contribution is 2.28. The van der Waals surface area contributed by atoms with Crippen LogP contribution in [0.3, 0.4) is 0 Å². The van der Waals surface area contributed by atoms with E-state index in [4.69, 9.17) is 5.73 Å². The summed E-state index contributed by atoms with van der Waals surface area (Å²) in [6.45, 7) is 1.42.